The van der Waals surface area contributed by atoms with E-state index in [-0.39, 0.29) is 29.2 Å². The van der Waals surface area contributed by atoms with Gasteiger partial charge in [0.25, 0.3) is 11.8 Å². The number of nitrogens with zero attached hydrogens (tertiary/aromatic N) is 1. The third-order valence-corrected chi connectivity index (χ3v) is 4.00. The second-order valence-electron chi connectivity index (χ2n) is 5.82. The second-order valence-corrected chi connectivity index (χ2v) is 5.82. The molecule has 126 valence electrons. The number of aromatic nitrogens is 1. The SMILES string of the molecule is COCCNC(=O)c1cccc(C(=O)NC2CCCCCC2)n1. The predicted molar refractivity (Wildman–Crippen MR) is 87.4 cm³/mol. The highest BCUT2D eigenvalue weighted by Gasteiger charge is 2.17. The van der Waals surface area contributed by atoms with Crippen LogP contribution in [0.25, 0.3) is 0 Å². The number of ether oxygens (including phenoxy) is 1. The van der Waals surface area contributed by atoms with Gasteiger partial charge in [0.15, 0.2) is 0 Å². The van der Waals surface area contributed by atoms with Crippen LogP contribution in [0, 0.1) is 0 Å². The van der Waals surface area contributed by atoms with Gasteiger partial charge in [0.1, 0.15) is 11.4 Å². The zero-order valence-corrected chi connectivity index (χ0v) is 13.6. The Labute approximate surface area is 137 Å². The Bertz CT molecular complexity index is 526. The fourth-order valence-electron chi connectivity index (χ4n) is 2.73. The minimum Gasteiger partial charge on any atom is -0.383 e. The van der Waals surface area contributed by atoms with Gasteiger partial charge >= 0.3 is 0 Å². The average molecular weight is 319 g/mol. The zero-order chi connectivity index (χ0) is 16.5. The fraction of sp³-hybridized carbons (Fsp3) is 0.588. The number of hydrogen-bond acceptors (Lipinski definition) is 4. The van der Waals surface area contributed by atoms with Gasteiger partial charge in [0.2, 0.25) is 0 Å². The van der Waals surface area contributed by atoms with E-state index in [9.17, 15) is 9.59 Å². The summed E-state index contributed by atoms with van der Waals surface area (Å²) in [6.45, 7) is 0.850. The van der Waals surface area contributed by atoms with Crippen molar-refractivity contribution >= 4 is 11.8 Å². The van der Waals surface area contributed by atoms with E-state index in [1.54, 1.807) is 25.3 Å². The molecule has 0 bridgehead atoms. The molecule has 1 aromatic heterocycles. The molecular weight excluding hydrogens is 294 g/mol. The van der Waals surface area contributed by atoms with Gasteiger partial charge in [0, 0.05) is 19.7 Å². The fourth-order valence-corrected chi connectivity index (χ4v) is 2.73. The highest BCUT2D eigenvalue weighted by molar-refractivity contribution is 5.96. The number of nitrogens with one attached hydrogen (secondary N) is 2. The number of rotatable bonds is 6. The summed E-state index contributed by atoms with van der Waals surface area (Å²) in [5.41, 5.74) is 0.531. The molecule has 0 unspecified atom stereocenters. The van der Waals surface area contributed by atoms with Crippen molar-refractivity contribution in [1.29, 1.82) is 0 Å². The summed E-state index contributed by atoms with van der Waals surface area (Å²) in [6.07, 6.45) is 6.82. The zero-order valence-electron chi connectivity index (χ0n) is 13.6. The first-order chi connectivity index (χ1) is 11.2. The van der Waals surface area contributed by atoms with E-state index in [4.69, 9.17) is 4.74 Å². The maximum Gasteiger partial charge on any atom is 0.270 e. The van der Waals surface area contributed by atoms with Gasteiger partial charge in [-0.15, -0.1) is 0 Å². The van der Waals surface area contributed by atoms with E-state index in [2.05, 4.69) is 15.6 Å². The van der Waals surface area contributed by atoms with Crippen LogP contribution in [0.1, 0.15) is 59.5 Å². The summed E-state index contributed by atoms with van der Waals surface area (Å²) < 4.78 is 4.89. The number of amides is 2. The van der Waals surface area contributed by atoms with Crippen molar-refractivity contribution < 1.29 is 14.3 Å². The lowest BCUT2D eigenvalue weighted by molar-refractivity contribution is 0.0925. The van der Waals surface area contributed by atoms with Crippen LogP contribution in [0.15, 0.2) is 18.2 Å². The first kappa shape index (κ1) is 17.4. The molecule has 0 aliphatic heterocycles. The lowest BCUT2D eigenvalue weighted by atomic mass is 10.1. The van der Waals surface area contributed by atoms with Crippen molar-refractivity contribution in [3.05, 3.63) is 29.6 Å². The van der Waals surface area contributed by atoms with Crippen LogP contribution in [0.3, 0.4) is 0 Å². The topological polar surface area (TPSA) is 80.3 Å². The molecule has 2 N–H and O–H groups in total. The van der Waals surface area contributed by atoms with Gasteiger partial charge in [-0.1, -0.05) is 31.7 Å². The van der Waals surface area contributed by atoms with Crippen LogP contribution in [0.4, 0.5) is 0 Å². The van der Waals surface area contributed by atoms with Crippen LogP contribution >= 0.6 is 0 Å². The Kier molecular flexibility index (Phi) is 7.00. The quantitative estimate of drug-likeness (QED) is 0.620. The molecule has 1 aliphatic rings. The molecule has 1 heterocycles. The van der Waals surface area contributed by atoms with E-state index in [1.165, 1.54) is 12.8 Å². The van der Waals surface area contributed by atoms with E-state index >= 15 is 0 Å². The predicted octanol–water partition coefficient (Wildman–Crippen LogP) is 1.91. The van der Waals surface area contributed by atoms with E-state index in [1.807, 2.05) is 0 Å². The molecule has 0 spiro atoms. The maximum absolute atomic E-state index is 12.3. The highest BCUT2D eigenvalue weighted by Crippen LogP contribution is 2.17. The van der Waals surface area contributed by atoms with Crippen LogP contribution < -0.4 is 10.6 Å². The molecule has 0 atom stereocenters. The van der Waals surface area contributed by atoms with Crippen molar-refractivity contribution in [3.8, 4) is 0 Å². The first-order valence-electron chi connectivity index (χ1n) is 8.26. The first-order valence-corrected chi connectivity index (χ1v) is 8.26. The molecule has 0 radical (unpaired) electrons. The van der Waals surface area contributed by atoms with Gasteiger partial charge in [-0.05, 0) is 25.0 Å². The van der Waals surface area contributed by atoms with E-state index < -0.39 is 0 Å². The third-order valence-electron chi connectivity index (χ3n) is 4.00. The van der Waals surface area contributed by atoms with Gasteiger partial charge in [0.05, 0.1) is 6.61 Å². The largest absolute Gasteiger partial charge is 0.383 e. The Morgan fingerprint density at radius 1 is 1.13 bits per heavy atom. The molecule has 1 fully saturated rings. The second kappa shape index (κ2) is 9.25. The Morgan fingerprint density at radius 2 is 1.78 bits per heavy atom. The number of carbonyl (C=O) groups is 2. The molecule has 1 aliphatic carbocycles. The lowest BCUT2D eigenvalue weighted by Gasteiger charge is -2.16. The molecule has 2 amide bonds. The summed E-state index contributed by atoms with van der Waals surface area (Å²) in [7, 11) is 1.57. The minimum absolute atomic E-state index is 0.205. The van der Waals surface area contributed by atoms with Crippen molar-refractivity contribution in [3.63, 3.8) is 0 Å². The number of methoxy groups -OCH3 is 1. The molecule has 6 nitrogen and oxygen atoms in total. The van der Waals surface area contributed by atoms with Crippen LogP contribution in [-0.2, 0) is 4.74 Å². The van der Waals surface area contributed by atoms with E-state index in [0.29, 0.717) is 13.2 Å². The van der Waals surface area contributed by atoms with Crippen LogP contribution in [-0.4, -0.2) is 43.1 Å². The summed E-state index contributed by atoms with van der Waals surface area (Å²) in [6, 6.07) is 5.13. The summed E-state index contributed by atoms with van der Waals surface area (Å²) in [4.78, 5) is 28.5. The lowest BCUT2D eigenvalue weighted by Crippen LogP contribution is -2.35. The summed E-state index contributed by atoms with van der Waals surface area (Å²) in [5, 5.41) is 5.74. The Balaban J connectivity index is 1.94. The number of pyridine rings is 1. The highest BCUT2D eigenvalue weighted by atomic mass is 16.5. The Hall–Kier alpha value is -1.95. The normalized spacial score (nSPS) is 15.7. The summed E-state index contributed by atoms with van der Waals surface area (Å²) in [5.74, 6) is -0.505. The van der Waals surface area contributed by atoms with Crippen molar-refractivity contribution in [2.24, 2.45) is 0 Å². The minimum atomic E-state index is -0.300. The molecule has 0 saturated heterocycles. The standard InChI is InChI=1S/C17H25N3O3/c1-23-12-11-18-16(21)14-9-6-10-15(20-14)17(22)19-13-7-4-2-3-5-8-13/h6,9-10,13H,2-5,7-8,11-12H2,1H3,(H,18,21)(H,19,22). The van der Waals surface area contributed by atoms with Gasteiger partial charge in [-0.25, -0.2) is 4.98 Å². The smallest absolute Gasteiger partial charge is 0.270 e. The monoisotopic (exact) mass is 319 g/mol. The molecule has 1 aromatic rings. The van der Waals surface area contributed by atoms with Gasteiger partial charge in [-0.3, -0.25) is 9.59 Å². The number of carbonyl (C=O) groups excluding carboxylic acids is 2. The van der Waals surface area contributed by atoms with Gasteiger partial charge in [-0.2, -0.15) is 0 Å². The molecule has 1 saturated carbocycles. The summed E-state index contributed by atoms with van der Waals surface area (Å²) >= 11 is 0. The van der Waals surface area contributed by atoms with Crippen LogP contribution in [0.2, 0.25) is 0 Å². The van der Waals surface area contributed by atoms with Crippen molar-refractivity contribution in [2.45, 2.75) is 44.6 Å². The maximum atomic E-state index is 12.3. The third kappa shape index (κ3) is 5.63. The van der Waals surface area contributed by atoms with Crippen LogP contribution in [0.5, 0.6) is 0 Å². The van der Waals surface area contributed by atoms with E-state index in [0.717, 1.165) is 25.7 Å². The molecular formula is C17H25N3O3. The van der Waals surface area contributed by atoms with Crippen molar-refractivity contribution in [1.82, 2.24) is 15.6 Å². The molecule has 0 aromatic carbocycles. The average Bonchev–Trinajstić information content (AvgIpc) is 2.84. The molecule has 6 heteroatoms. The molecule has 23 heavy (non-hydrogen) atoms. The van der Waals surface area contributed by atoms with Gasteiger partial charge < -0.3 is 15.4 Å². The molecule has 2 rings (SSSR count). The van der Waals surface area contributed by atoms with Crippen molar-refractivity contribution in [2.75, 3.05) is 20.3 Å². The Morgan fingerprint density at radius 3 is 2.43 bits per heavy atom. The number of hydrogen-bond donors (Lipinski definition) is 2.